The minimum atomic E-state index is -0.868. The Balaban J connectivity index is 1.59. The maximum Gasteiger partial charge on any atom is 0.306 e. The quantitative estimate of drug-likeness (QED) is 0.0880. The third-order valence-electron chi connectivity index (χ3n) is 8.27. The van der Waals surface area contributed by atoms with E-state index in [2.05, 4.69) is 43.5 Å². The number of esters is 1. The van der Waals surface area contributed by atoms with Crippen LogP contribution < -0.4 is 16.0 Å². The molecule has 0 aliphatic rings. The van der Waals surface area contributed by atoms with Crippen LogP contribution in [0.1, 0.15) is 71.9 Å². The first-order chi connectivity index (χ1) is 23.1. The molecule has 0 spiro atoms. The average molecular weight is 789 g/mol. The fourth-order valence-electron chi connectivity index (χ4n) is 5.61. The van der Waals surface area contributed by atoms with E-state index in [0.717, 1.165) is 25.6 Å². The molecule has 3 rings (SSSR count). The molecule has 1 aromatic heterocycles. The number of H-pyrrole nitrogens is 1. The van der Waals surface area contributed by atoms with Crippen molar-refractivity contribution in [2.24, 2.45) is 22.7 Å². The maximum absolute atomic E-state index is 13.7. The molecule has 3 aromatic rings. The van der Waals surface area contributed by atoms with Crippen LogP contribution >= 0.6 is 22.6 Å². The van der Waals surface area contributed by atoms with Gasteiger partial charge in [-0.3, -0.25) is 19.2 Å². The largest absolute Gasteiger partial charge is 0.469 e. The minimum Gasteiger partial charge on any atom is -0.469 e. The molecule has 2 aromatic carbocycles. The van der Waals surface area contributed by atoms with Crippen molar-refractivity contribution < 1.29 is 28.7 Å². The number of hydrogen-bond acceptors (Lipinski definition) is 6. The molecule has 1 heterocycles. The van der Waals surface area contributed by atoms with E-state index in [1.54, 1.807) is 0 Å². The van der Waals surface area contributed by atoms with Crippen molar-refractivity contribution in [1.29, 1.82) is 0 Å². The predicted molar refractivity (Wildman–Crippen MR) is 201 cm³/mol. The highest BCUT2D eigenvalue weighted by molar-refractivity contribution is 14.1. The summed E-state index contributed by atoms with van der Waals surface area (Å²) < 4.78 is 12.1. The Morgan fingerprint density at radius 3 is 2.24 bits per heavy atom. The molecule has 3 amide bonds. The van der Waals surface area contributed by atoms with Gasteiger partial charge in [0.2, 0.25) is 17.7 Å². The summed E-state index contributed by atoms with van der Waals surface area (Å²) in [6, 6.07) is 15.0. The third-order valence-corrected chi connectivity index (χ3v) is 8.99. The number of fused-ring (bicyclic) bond motifs is 1. The molecular weight excluding hydrogens is 735 g/mol. The SMILES string of the molecule is COC(=O)CC(CC(C)C)C(=O)N[C@@H](Cc1c[nH]c2ccccc12)C(=O)NCC(C)(C)COCC(C)(C)CC(=O)NCc1ccc(I)cc1. The fourth-order valence-corrected chi connectivity index (χ4v) is 5.97. The van der Waals surface area contributed by atoms with Crippen LogP contribution in [0.4, 0.5) is 0 Å². The van der Waals surface area contributed by atoms with Crippen LogP contribution in [0, 0.1) is 26.2 Å². The molecule has 0 radical (unpaired) electrons. The van der Waals surface area contributed by atoms with Gasteiger partial charge in [-0.1, -0.05) is 71.9 Å². The number of ether oxygens (including phenoxy) is 2. The zero-order valence-corrected chi connectivity index (χ0v) is 32.1. The first-order valence-electron chi connectivity index (χ1n) is 16.9. The van der Waals surface area contributed by atoms with Crippen LogP contribution in [0.3, 0.4) is 0 Å². The molecule has 0 aliphatic carbocycles. The Bertz CT molecular complexity index is 1550. The smallest absolute Gasteiger partial charge is 0.306 e. The number of nitrogens with one attached hydrogen (secondary N) is 4. The molecule has 1 unspecified atom stereocenters. The van der Waals surface area contributed by atoms with E-state index in [1.807, 2.05) is 96.3 Å². The number of hydrogen-bond donors (Lipinski definition) is 4. The Hall–Kier alpha value is -3.45. The van der Waals surface area contributed by atoms with Crippen molar-refractivity contribution in [3.05, 3.63) is 69.4 Å². The predicted octanol–water partition coefficient (Wildman–Crippen LogP) is 5.92. The van der Waals surface area contributed by atoms with Crippen LogP contribution in [-0.2, 0) is 41.6 Å². The second-order valence-corrected chi connectivity index (χ2v) is 16.1. The van der Waals surface area contributed by atoms with Gasteiger partial charge in [0.05, 0.1) is 26.7 Å². The van der Waals surface area contributed by atoms with E-state index in [0.29, 0.717) is 39.1 Å². The van der Waals surface area contributed by atoms with Gasteiger partial charge in [0.25, 0.3) is 0 Å². The lowest BCUT2D eigenvalue weighted by atomic mass is 9.89. The first-order valence-corrected chi connectivity index (χ1v) is 17.9. The number of methoxy groups -OCH3 is 1. The van der Waals surface area contributed by atoms with Gasteiger partial charge in [-0.15, -0.1) is 0 Å². The monoisotopic (exact) mass is 788 g/mol. The Morgan fingerprint density at radius 1 is 0.898 bits per heavy atom. The zero-order chi connectivity index (χ0) is 36.2. The van der Waals surface area contributed by atoms with E-state index < -0.39 is 23.3 Å². The van der Waals surface area contributed by atoms with Gasteiger partial charge < -0.3 is 30.4 Å². The Labute approximate surface area is 304 Å². The molecule has 268 valence electrons. The Kier molecular flexibility index (Phi) is 15.1. The van der Waals surface area contributed by atoms with Crippen molar-refractivity contribution in [3.8, 4) is 0 Å². The van der Waals surface area contributed by atoms with E-state index in [1.165, 1.54) is 7.11 Å². The van der Waals surface area contributed by atoms with Gasteiger partial charge in [0, 0.05) is 57.9 Å². The van der Waals surface area contributed by atoms with Crippen LogP contribution in [0.25, 0.3) is 10.9 Å². The van der Waals surface area contributed by atoms with Gasteiger partial charge in [0.15, 0.2) is 0 Å². The summed E-state index contributed by atoms with van der Waals surface area (Å²) in [6.45, 7) is 13.5. The number of amides is 3. The maximum atomic E-state index is 13.7. The molecule has 2 atom stereocenters. The van der Waals surface area contributed by atoms with Gasteiger partial charge in [0.1, 0.15) is 6.04 Å². The fraction of sp³-hybridized carbons (Fsp3) is 0.526. The van der Waals surface area contributed by atoms with Crippen molar-refractivity contribution in [2.75, 3.05) is 26.9 Å². The standard InChI is InChI=1S/C38H53IN4O6/c1-25(2)16-27(18-34(45)48-7)35(46)43-32(17-28-21-40-31-11-9-8-10-30(28)31)36(47)42-22-38(5,6)24-49-23-37(3,4)19-33(44)41-20-26-12-14-29(39)15-13-26/h8-15,21,25,27,32,40H,16-20,22-24H2,1-7H3,(H,41,44)(H,42,47)(H,43,46)/t27?,32-/m0/s1. The summed E-state index contributed by atoms with van der Waals surface area (Å²) in [6.07, 6.45) is 2.87. The zero-order valence-electron chi connectivity index (χ0n) is 29.9. The average Bonchev–Trinajstić information content (AvgIpc) is 3.44. The van der Waals surface area contributed by atoms with Gasteiger partial charge in [-0.05, 0) is 69.7 Å². The molecular formula is C38H53IN4O6. The molecule has 0 aliphatic heterocycles. The second kappa shape index (κ2) is 18.5. The topological polar surface area (TPSA) is 139 Å². The summed E-state index contributed by atoms with van der Waals surface area (Å²) in [5.41, 5.74) is 2.07. The highest BCUT2D eigenvalue weighted by Gasteiger charge is 2.31. The second-order valence-electron chi connectivity index (χ2n) is 14.9. The van der Waals surface area contributed by atoms with Gasteiger partial charge in [-0.25, -0.2) is 0 Å². The minimum absolute atomic E-state index is 0.0378. The normalized spacial score (nSPS) is 13.2. The molecule has 0 bridgehead atoms. The van der Waals surface area contributed by atoms with E-state index in [-0.39, 0.29) is 41.9 Å². The molecule has 0 fully saturated rings. The number of aromatic nitrogens is 1. The molecule has 49 heavy (non-hydrogen) atoms. The number of benzene rings is 2. The van der Waals surface area contributed by atoms with Crippen LogP contribution in [0.5, 0.6) is 0 Å². The van der Waals surface area contributed by atoms with Crippen LogP contribution in [0.15, 0.2) is 54.7 Å². The molecule has 0 saturated carbocycles. The summed E-state index contributed by atoms with van der Waals surface area (Å²) in [5.74, 6) is -1.64. The van der Waals surface area contributed by atoms with E-state index in [9.17, 15) is 19.2 Å². The first kappa shape index (κ1) is 40.0. The highest BCUT2D eigenvalue weighted by Crippen LogP contribution is 2.24. The van der Waals surface area contributed by atoms with Crippen molar-refractivity contribution in [1.82, 2.24) is 20.9 Å². The number of carbonyl (C=O) groups excluding carboxylic acids is 4. The number of para-hydroxylation sites is 1. The number of rotatable bonds is 19. The summed E-state index contributed by atoms with van der Waals surface area (Å²) in [7, 11) is 1.30. The van der Waals surface area contributed by atoms with Crippen LogP contribution in [-0.4, -0.2) is 61.6 Å². The van der Waals surface area contributed by atoms with Crippen molar-refractivity contribution in [2.45, 2.75) is 79.8 Å². The molecule has 0 saturated heterocycles. The lowest BCUT2D eigenvalue weighted by Gasteiger charge is -2.30. The van der Waals surface area contributed by atoms with Crippen LogP contribution in [0.2, 0.25) is 0 Å². The number of halogens is 1. The molecule has 11 heteroatoms. The van der Waals surface area contributed by atoms with Gasteiger partial charge in [-0.2, -0.15) is 0 Å². The Morgan fingerprint density at radius 2 is 1.57 bits per heavy atom. The third kappa shape index (κ3) is 13.8. The highest BCUT2D eigenvalue weighted by atomic mass is 127. The summed E-state index contributed by atoms with van der Waals surface area (Å²) in [4.78, 5) is 55.3. The summed E-state index contributed by atoms with van der Waals surface area (Å²) in [5, 5.41) is 9.96. The van der Waals surface area contributed by atoms with Gasteiger partial charge >= 0.3 is 5.97 Å². The lowest BCUT2D eigenvalue weighted by Crippen LogP contribution is -2.51. The lowest BCUT2D eigenvalue weighted by molar-refractivity contribution is -0.144. The molecule has 4 N–H and O–H groups in total. The van der Waals surface area contributed by atoms with E-state index >= 15 is 0 Å². The van der Waals surface area contributed by atoms with E-state index in [4.69, 9.17) is 9.47 Å². The summed E-state index contributed by atoms with van der Waals surface area (Å²) >= 11 is 2.25. The molecule has 10 nitrogen and oxygen atoms in total. The van der Waals surface area contributed by atoms with Crippen molar-refractivity contribution >= 4 is 57.2 Å². The number of carbonyl (C=O) groups is 4. The van der Waals surface area contributed by atoms with Crippen molar-refractivity contribution in [3.63, 3.8) is 0 Å². The number of aromatic amines is 1.